The quantitative estimate of drug-likeness (QED) is 0.287. The van der Waals surface area contributed by atoms with Crippen molar-refractivity contribution < 1.29 is 18.7 Å². The lowest BCUT2D eigenvalue weighted by Gasteiger charge is -2.43. The summed E-state index contributed by atoms with van der Waals surface area (Å²) >= 11 is 0. The van der Waals surface area contributed by atoms with Crippen molar-refractivity contribution in [2.24, 2.45) is 15.0 Å². The summed E-state index contributed by atoms with van der Waals surface area (Å²) in [7, 11) is 0. The Kier molecular flexibility index (Phi) is 8.78. The molecule has 0 unspecified atom stereocenters. The number of likely N-dealkylation sites (tertiary alicyclic amines) is 1. The van der Waals surface area contributed by atoms with Crippen LogP contribution in [-0.4, -0.2) is 106 Å². The molecule has 0 radical (unpaired) electrons. The van der Waals surface area contributed by atoms with Crippen LogP contribution in [0.15, 0.2) is 57.4 Å². The molecule has 208 valence electrons. The van der Waals surface area contributed by atoms with Gasteiger partial charge in [-0.3, -0.25) is 9.69 Å². The Bertz CT molecular complexity index is 1300. The SMILES string of the molecule is C=NC(=NC=Nc1ccc(N2CCN(C3COC3)CC2)cc1)c1ccc(O[C@H]2CCN(C=O)C[C@H]2F)c(C#N)c1. The molecule has 10 nitrogen and oxygen atoms in total. The molecule has 3 aliphatic rings. The summed E-state index contributed by atoms with van der Waals surface area (Å²) in [6.45, 7) is 9.72. The van der Waals surface area contributed by atoms with Gasteiger partial charge in [-0.1, -0.05) is 0 Å². The number of benzene rings is 2. The van der Waals surface area contributed by atoms with Gasteiger partial charge in [0.15, 0.2) is 12.0 Å². The van der Waals surface area contributed by atoms with Crippen LogP contribution in [0.25, 0.3) is 0 Å². The van der Waals surface area contributed by atoms with Gasteiger partial charge < -0.3 is 19.3 Å². The zero-order chi connectivity index (χ0) is 27.9. The van der Waals surface area contributed by atoms with Crippen molar-refractivity contribution in [3.8, 4) is 11.8 Å². The summed E-state index contributed by atoms with van der Waals surface area (Å²) in [5.41, 5.74) is 2.71. The van der Waals surface area contributed by atoms with Gasteiger partial charge in [-0.15, -0.1) is 0 Å². The summed E-state index contributed by atoms with van der Waals surface area (Å²) in [5, 5.41) is 9.66. The normalized spacial score (nSPS) is 22.6. The Balaban J connectivity index is 1.19. The lowest BCUT2D eigenvalue weighted by Crippen LogP contribution is -2.56. The van der Waals surface area contributed by atoms with Gasteiger partial charge in [0.25, 0.3) is 0 Å². The number of anilines is 1. The van der Waals surface area contributed by atoms with Crippen molar-refractivity contribution >= 4 is 36.7 Å². The summed E-state index contributed by atoms with van der Waals surface area (Å²) in [4.78, 5) is 29.9. The predicted octanol–water partition coefficient (Wildman–Crippen LogP) is 2.83. The van der Waals surface area contributed by atoms with E-state index in [4.69, 9.17) is 9.47 Å². The third-order valence-corrected chi connectivity index (χ3v) is 7.50. The van der Waals surface area contributed by atoms with E-state index in [1.165, 1.54) is 16.9 Å². The molecular formula is C29H32FN7O3. The third kappa shape index (κ3) is 6.35. The smallest absolute Gasteiger partial charge is 0.209 e. The molecule has 0 aliphatic carbocycles. The Morgan fingerprint density at radius 2 is 1.90 bits per heavy atom. The highest BCUT2D eigenvalue weighted by Gasteiger charge is 2.31. The van der Waals surface area contributed by atoms with Crippen molar-refractivity contribution in [3.63, 3.8) is 0 Å². The molecule has 40 heavy (non-hydrogen) atoms. The molecule has 2 aromatic rings. The van der Waals surface area contributed by atoms with Crippen molar-refractivity contribution in [2.75, 3.05) is 57.4 Å². The molecule has 0 aromatic heterocycles. The number of hydrogen-bond acceptors (Lipinski definition) is 7. The zero-order valence-corrected chi connectivity index (χ0v) is 22.2. The van der Waals surface area contributed by atoms with Crippen LogP contribution in [-0.2, 0) is 9.53 Å². The lowest BCUT2D eigenvalue weighted by molar-refractivity contribution is -0.121. The van der Waals surface area contributed by atoms with Crippen LogP contribution in [0.5, 0.6) is 5.75 Å². The Morgan fingerprint density at radius 3 is 2.52 bits per heavy atom. The van der Waals surface area contributed by atoms with Crippen LogP contribution in [0.1, 0.15) is 17.5 Å². The fourth-order valence-electron chi connectivity index (χ4n) is 5.04. The molecule has 3 saturated heterocycles. The van der Waals surface area contributed by atoms with E-state index in [0.717, 1.165) is 45.1 Å². The van der Waals surface area contributed by atoms with Crippen molar-refractivity contribution in [3.05, 3.63) is 53.6 Å². The summed E-state index contributed by atoms with van der Waals surface area (Å²) in [6, 6.07) is 15.6. The number of carbonyl (C=O) groups excluding carboxylic acids is 1. The zero-order valence-electron chi connectivity index (χ0n) is 22.2. The van der Waals surface area contributed by atoms with E-state index >= 15 is 0 Å². The number of amidine groups is 1. The molecule has 0 spiro atoms. The van der Waals surface area contributed by atoms with Crippen LogP contribution in [0.4, 0.5) is 15.8 Å². The predicted molar refractivity (Wildman–Crippen MR) is 152 cm³/mol. The average molecular weight is 546 g/mol. The highest BCUT2D eigenvalue weighted by atomic mass is 19.1. The molecule has 1 amide bonds. The van der Waals surface area contributed by atoms with Gasteiger partial charge in [-0.05, 0) is 49.2 Å². The van der Waals surface area contributed by atoms with Crippen molar-refractivity contribution in [2.45, 2.75) is 24.7 Å². The monoisotopic (exact) mass is 545 g/mol. The number of piperidine rings is 1. The number of piperazine rings is 1. The minimum Gasteiger partial charge on any atom is -0.486 e. The second-order valence-corrected chi connectivity index (χ2v) is 9.97. The molecule has 3 aliphatic heterocycles. The summed E-state index contributed by atoms with van der Waals surface area (Å²) < 4.78 is 25.6. The number of aliphatic imine (C=N–C) groups is 3. The van der Waals surface area contributed by atoms with Crippen LogP contribution in [0.2, 0.25) is 0 Å². The standard InChI is InChI=1S/C29H32FN7O3/c1-32-29(21-2-7-27(22(14-21)15-31)40-28-8-9-35(20-38)16-26(28)30)34-19-33-23-3-5-24(6-4-23)36-10-12-37(13-11-36)25-17-39-18-25/h2-7,14,19-20,25-26,28H,1,8-13,16-18H2/t26-,28+/m1/s1. The van der Waals surface area contributed by atoms with E-state index < -0.39 is 12.3 Å². The van der Waals surface area contributed by atoms with Crippen molar-refractivity contribution in [1.82, 2.24) is 9.80 Å². The number of ether oxygens (including phenoxy) is 2. The first-order valence-electron chi connectivity index (χ1n) is 13.4. The maximum absolute atomic E-state index is 14.4. The highest BCUT2D eigenvalue weighted by molar-refractivity contribution is 6.05. The molecule has 3 fully saturated rings. The number of carbonyl (C=O) groups is 1. The number of halogens is 1. The summed E-state index contributed by atoms with van der Waals surface area (Å²) in [5.74, 6) is 0.565. The summed E-state index contributed by atoms with van der Waals surface area (Å²) in [6.07, 6.45) is 0.321. The van der Waals surface area contributed by atoms with Gasteiger partial charge in [-0.2, -0.15) is 5.26 Å². The molecule has 3 heterocycles. The van der Waals surface area contributed by atoms with Gasteiger partial charge in [0.1, 0.15) is 24.3 Å². The maximum atomic E-state index is 14.4. The minimum atomic E-state index is -1.33. The molecule has 2 atom stereocenters. The van der Waals surface area contributed by atoms with Crippen molar-refractivity contribution in [1.29, 1.82) is 5.26 Å². The molecular weight excluding hydrogens is 513 g/mol. The molecule has 0 N–H and O–H groups in total. The Hall–Kier alpha value is -4.14. The van der Waals surface area contributed by atoms with Crippen LogP contribution < -0.4 is 9.64 Å². The first-order chi connectivity index (χ1) is 19.6. The van der Waals surface area contributed by atoms with Gasteiger partial charge in [0.2, 0.25) is 6.41 Å². The minimum absolute atomic E-state index is 0.0268. The average Bonchev–Trinajstić information content (AvgIpc) is 2.96. The van der Waals surface area contributed by atoms with E-state index in [0.29, 0.717) is 36.8 Å². The molecule has 0 saturated carbocycles. The van der Waals surface area contributed by atoms with Crippen LogP contribution in [0.3, 0.4) is 0 Å². The number of nitriles is 1. The molecule has 2 aromatic carbocycles. The third-order valence-electron chi connectivity index (χ3n) is 7.50. The van der Waals surface area contributed by atoms with E-state index in [1.54, 1.807) is 18.2 Å². The van der Waals surface area contributed by atoms with E-state index in [9.17, 15) is 14.4 Å². The number of nitrogens with zero attached hydrogens (tertiary/aromatic N) is 7. The van der Waals surface area contributed by atoms with Gasteiger partial charge >= 0.3 is 0 Å². The molecule has 11 heteroatoms. The van der Waals surface area contributed by atoms with E-state index in [1.807, 2.05) is 12.1 Å². The molecule has 5 rings (SSSR count). The number of alkyl halides is 1. The first-order valence-corrected chi connectivity index (χ1v) is 13.4. The van der Waals surface area contributed by atoms with E-state index in [2.05, 4.69) is 49.7 Å². The Labute approximate surface area is 233 Å². The van der Waals surface area contributed by atoms with Gasteiger partial charge in [0, 0.05) is 50.4 Å². The highest BCUT2D eigenvalue weighted by Crippen LogP contribution is 2.26. The number of amides is 1. The number of rotatable bonds is 8. The second kappa shape index (κ2) is 12.8. The first kappa shape index (κ1) is 27.4. The Morgan fingerprint density at radius 1 is 1.12 bits per heavy atom. The largest absolute Gasteiger partial charge is 0.486 e. The maximum Gasteiger partial charge on any atom is 0.209 e. The van der Waals surface area contributed by atoms with Gasteiger partial charge in [-0.25, -0.2) is 19.4 Å². The number of hydrogen-bond donors (Lipinski definition) is 0. The molecule has 0 bridgehead atoms. The fourth-order valence-corrected chi connectivity index (χ4v) is 5.04. The van der Waals surface area contributed by atoms with Crippen LogP contribution in [0, 0.1) is 11.3 Å². The van der Waals surface area contributed by atoms with Gasteiger partial charge in [0.05, 0.1) is 37.1 Å². The second-order valence-electron chi connectivity index (χ2n) is 9.97. The van der Waals surface area contributed by atoms with Crippen LogP contribution >= 0.6 is 0 Å². The fraction of sp³-hybridized carbons (Fsp3) is 0.414. The lowest BCUT2D eigenvalue weighted by atomic mass is 10.1. The van der Waals surface area contributed by atoms with E-state index in [-0.39, 0.29) is 17.9 Å². The topological polar surface area (TPSA) is 106 Å².